The molecule has 0 heterocycles. The Labute approximate surface area is 94.9 Å². The number of nitriles is 1. The van der Waals surface area contributed by atoms with E-state index in [0.29, 0.717) is 28.3 Å². The molecule has 0 amide bonds. The Bertz CT molecular complexity index is 459. The maximum atomic E-state index is 8.78. The van der Waals surface area contributed by atoms with Gasteiger partial charge < -0.3 is 15.2 Å². The molecule has 1 aromatic rings. The van der Waals surface area contributed by atoms with Crippen LogP contribution in [0, 0.1) is 11.3 Å². The van der Waals surface area contributed by atoms with Gasteiger partial charge in [-0.25, -0.2) is 0 Å². The summed E-state index contributed by atoms with van der Waals surface area (Å²) < 4.78 is 10.3. The van der Waals surface area contributed by atoms with Gasteiger partial charge in [0.05, 0.1) is 31.6 Å². The standard InChI is InChI=1S/C12H14N2O2/c1-8(7-13)12(14)10-5-4-9(15-2)6-11(10)16-3/h4-6H,14H2,1-3H3/b12-8+. The summed E-state index contributed by atoms with van der Waals surface area (Å²) in [5.74, 6) is 1.27. The molecule has 0 aromatic heterocycles. The van der Waals surface area contributed by atoms with Gasteiger partial charge in [-0.15, -0.1) is 0 Å². The molecular weight excluding hydrogens is 204 g/mol. The molecule has 4 nitrogen and oxygen atoms in total. The summed E-state index contributed by atoms with van der Waals surface area (Å²) in [6, 6.07) is 7.28. The van der Waals surface area contributed by atoms with Crippen LogP contribution in [0.25, 0.3) is 5.70 Å². The molecule has 0 atom stereocenters. The number of benzene rings is 1. The normalized spacial score (nSPS) is 11.4. The van der Waals surface area contributed by atoms with Crippen LogP contribution in [0.3, 0.4) is 0 Å². The molecule has 16 heavy (non-hydrogen) atoms. The molecule has 4 heteroatoms. The van der Waals surface area contributed by atoms with Gasteiger partial charge in [0.15, 0.2) is 0 Å². The van der Waals surface area contributed by atoms with Crippen molar-refractivity contribution in [2.75, 3.05) is 14.2 Å². The van der Waals surface area contributed by atoms with Crippen molar-refractivity contribution in [2.45, 2.75) is 6.92 Å². The van der Waals surface area contributed by atoms with E-state index >= 15 is 0 Å². The summed E-state index contributed by atoms with van der Waals surface area (Å²) in [5, 5.41) is 8.78. The van der Waals surface area contributed by atoms with Crippen LogP contribution in [0.4, 0.5) is 0 Å². The predicted molar refractivity (Wildman–Crippen MR) is 61.9 cm³/mol. The van der Waals surface area contributed by atoms with E-state index in [0.717, 1.165) is 0 Å². The van der Waals surface area contributed by atoms with Crippen LogP contribution in [0.2, 0.25) is 0 Å². The molecule has 1 rings (SSSR count). The SMILES string of the molecule is COc1ccc(/C(N)=C(/C)C#N)c(OC)c1. The van der Waals surface area contributed by atoms with E-state index in [1.54, 1.807) is 39.3 Å². The second-order valence-corrected chi connectivity index (χ2v) is 3.22. The van der Waals surface area contributed by atoms with Gasteiger partial charge in [0.1, 0.15) is 11.5 Å². The van der Waals surface area contributed by atoms with Crippen molar-refractivity contribution >= 4 is 5.70 Å². The largest absolute Gasteiger partial charge is 0.497 e. The fourth-order valence-electron chi connectivity index (χ4n) is 1.28. The highest BCUT2D eigenvalue weighted by Crippen LogP contribution is 2.29. The Morgan fingerprint density at radius 3 is 2.50 bits per heavy atom. The molecular formula is C12H14N2O2. The van der Waals surface area contributed by atoms with Crippen LogP contribution in [0.15, 0.2) is 23.8 Å². The van der Waals surface area contributed by atoms with E-state index in [4.69, 9.17) is 20.5 Å². The van der Waals surface area contributed by atoms with Gasteiger partial charge in [-0.05, 0) is 19.1 Å². The molecule has 0 aliphatic carbocycles. The summed E-state index contributed by atoms with van der Waals surface area (Å²) in [7, 11) is 3.13. The number of ether oxygens (including phenoxy) is 2. The first-order chi connectivity index (χ1) is 7.63. The number of hydrogen-bond donors (Lipinski definition) is 1. The minimum absolute atomic E-state index is 0.419. The fraction of sp³-hybridized carbons (Fsp3) is 0.250. The van der Waals surface area contributed by atoms with Crippen molar-refractivity contribution in [3.05, 3.63) is 29.3 Å². The number of nitrogens with zero attached hydrogens (tertiary/aromatic N) is 1. The minimum Gasteiger partial charge on any atom is -0.497 e. The van der Waals surface area contributed by atoms with Gasteiger partial charge in [-0.2, -0.15) is 5.26 Å². The Morgan fingerprint density at radius 2 is 2.00 bits per heavy atom. The van der Waals surface area contributed by atoms with Crippen LogP contribution in [0.5, 0.6) is 11.5 Å². The molecule has 0 unspecified atom stereocenters. The quantitative estimate of drug-likeness (QED) is 0.787. The van der Waals surface area contributed by atoms with Crippen molar-refractivity contribution in [3.8, 4) is 17.6 Å². The van der Waals surface area contributed by atoms with Crippen molar-refractivity contribution in [1.82, 2.24) is 0 Å². The van der Waals surface area contributed by atoms with Crippen LogP contribution in [-0.4, -0.2) is 14.2 Å². The van der Waals surface area contributed by atoms with Crippen molar-refractivity contribution in [2.24, 2.45) is 5.73 Å². The zero-order chi connectivity index (χ0) is 12.1. The highest BCUT2D eigenvalue weighted by atomic mass is 16.5. The molecule has 2 N–H and O–H groups in total. The van der Waals surface area contributed by atoms with E-state index in [-0.39, 0.29) is 0 Å². The van der Waals surface area contributed by atoms with Gasteiger partial charge in [0.25, 0.3) is 0 Å². The third-order valence-corrected chi connectivity index (χ3v) is 2.27. The van der Waals surface area contributed by atoms with E-state index in [2.05, 4.69) is 0 Å². The lowest BCUT2D eigenvalue weighted by Gasteiger charge is -2.10. The van der Waals surface area contributed by atoms with Crippen molar-refractivity contribution < 1.29 is 9.47 Å². The van der Waals surface area contributed by atoms with Crippen molar-refractivity contribution in [1.29, 1.82) is 5.26 Å². The minimum atomic E-state index is 0.419. The zero-order valence-corrected chi connectivity index (χ0v) is 9.57. The number of hydrogen-bond acceptors (Lipinski definition) is 4. The van der Waals surface area contributed by atoms with E-state index < -0.39 is 0 Å². The van der Waals surface area contributed by atoms with Crippen molar-refractivity contribution in [3.63, 3.8) is 0 Å². The van der Waals surface area contributed by atoms with Gasteiger partial charge in [-0.1, -0.05) is 0 Å². The first kappa shape index (κ1) is 11.9. The lowest BCUT2D eigenvalue weighted by atomic mass is 10.1. The van der Waals surface area contributed by atoms with E-state index in [1.165, 1.54) is 0 Å². The molecule has 0 fully saturated rings. The summed E-state index contributed by atoms with van der Waals surface area (Å²) >= 11 is 0. The maximum Gasteiger partial charge on any atom is 0.131 e. The Kier molecular flexibility index (Phi) is 3.78. The van der Waals surface area contributed by atoms with Crippen LogP contribution in [0.1, 0.15) is 12.5 Å². The van der Waals surface area contributed by atoms with Gasteiger partial charge in [-0.3, -0.25) is 0 Å². The third-order valence-electron chi connectivity index (χ3n) is 2.27. The molecule has 0 aliphatic rings. The average Bonchev–Trinajstić information content (AvgIpc) is 2.35. The summed E-state index contributed by atoms with van der Waals surface area (Å²) in [6.45, 7) is 1.67. The maximum absolute atomic E-state index is 8.78. The number of allylic oxidation sites excluding steroid dienone is 1. The van der Waals surface area contributed by atoms with Gasteiger partial charge >= 0.3 is 0 Å². The molecule has 0 bridgehead atoms. The Morgan fingerprint density at radius 1 is 1.31 bits per heavy atom. The van der Waals surface area contributed by atoms with E-state index in [9.17, 15) is 0 Å². The fourth-order valence-corrected chi connectivity index (χ4v) is 1.28. The molecule has 0 saturated heterocycles. The number of nitrogens with two attached hydrogens (primary N) is 1. The van der Waals surface area contributed by atoms with Gasteiger partial charge in [0.2, 0.25) is 0 Å². The highest BCUT2D eigenvalue weighted by molar-refractivity contribution is 5.73. The van der Waals surface area contributed by atoms with E-state index in [1.807, 2.05) is 6.07 Å². The van der Waals surface area contributed by atoms with Crippen LogP contribution in [-0.2, 0) is 0 Å². The lowest BCUT2D eigenvalue weighted by Crippen LogP contribution is -2.02. The molecule has 0 aliphatic heterocycles. The van der Waals surface area contributed by atoms with Gasteiger partial charge in [0, 0.05) is 11.6 Å². The molecule has 84 valence electrons. The first-order valence-electron chi connectivity index (χ1n) is 4.73. The Hall–Kier alpha value is -2.15. The topological polar surface area (TPSA) is 68.3 Å². The lowest BCUT2D eigenvalue weighted by molar-refractivity contribution is 0.393. The monoisotopic (exact) mass is 218 g/mol. The summed E-state index contributed by atoms with van der Waals surface area (Å²) in [5.41, 5.74) is 7.43. The molecule has 0 radical (unpaired) electrons. The first-order valence-corrected chi connectivity index (χ1v) is 4.73. The van der Waals surface area contributed by atoms with Crippen LogP contribution < -0.4 is 15.2 Å². The molecule has 1 aromatic carbocycles. The Balaban J connectivity index is 3.31. The summed E-state index contributed by atoms with van der Waals surface area (Å²) in [4.78, 5) is 0. The average molecular weight is 218 g/mol. The number of rotatable bonds is 3. The smallest absolute Gasteiger partial charge is 0.131 e. The molecule has 0 spiro atoms. The second kappa shape index (κ2) is 5.08. The second-order valence-electron chi connectivity index (χ2n) is 3.22. The predicted octanol–water partition coefficient (Wildman–Crippen LogP) is 1.92. The summed E-state index contributed by atoms with van der Waals surface area (Å²) in [6.07, 6.45) is 0. The highest BCUT2D eigenvalue weighted by Gasteiger charge is 2.09. The van der Waals surface area contributed by atoms with Crippen LogP contribution >= 0.6 is 0 Å². The number of methoxy groups -OCH3 is 2. The third kappa shape index (κ3) is 2.26. The zero-order valence-electron chi connectivity index (χ0n) is 9.57. The molecule has 0 saturated carbocycles.